The molecule has 0 bridgehead atoms. The molecule has 0 fully saturated rings. The molecule has 34 heavy (non-hydrogen) atoms. The largest absolute Gasteiger partial charge is 0.405 e. The van der Waals surface area contributed by atoms with Crippen LogP contribution in [0.25, 0.3) is 5.70 Å². The minimum absolute atomic E-state index is 0.113. The smallest absolute Gasteiger partial charge is 0.390 e. The quantitative estimate of drug-likeness (QED) is 0.516. The van der Waals surface area contributed by atoms with Crippen molar-refractivity contribution < 1.29 is 23.1 Å². The van der Waals surface area contributed by atoms with Crippen LogP contribution in [-0.2, 0) is 13.7 Å². The molecular weight excluding hydrogens is 449 g/mol. The van der Waals surface area contributed by atoms with Crippen molar-refractivity contribution in [3.05, 3.63) is 77.7 Å². The van der Waals surface area contributed by atoms with E-state index in [0.29, 0.717) is 17.2 Å². The van der Waals surface area contributed by atoms with Gasteiger partial charge in [0.1, 0.15) is 12.7 Å². The van der Waals surface area contributed by atoms with Crippen molar-refractivity contribution in [3.63, 3.8) is 0 Å². The minimum atomic E-state index is -4.48. The number of imidazole rings is 1. The van der Waals surface area contributed by atoms with Gasteiger partial charge in [0.25, 0.3) is 0 Å². The Hall–Kier alpha value is -4.17. The van der Waals surface area contributed by atoms with Crippen LogP contribution in [0.2, 0.25) is 0 Å². The topological polar surface area (TPSA) is 94.5 Å². The number of nitrogens with zero attached hydrogens (tertiary/aromatic N) is 3. The van der Waals surface area contributed by atoms with Gasteiger partial charge in [-0.05, 0) is 30.2 Å². The van der Waals surface area contributed by atoms with E-state index >= 15 is 0 Å². The summed E-state index contributed by atoms with van der Waals surface area (Å²) in [5.41, 5.74) is 3.40. The molecule has 1 aromatic carbocycles. The fraction of sp³-hybridized carbons (Fsp3) is 0.217. The number of halogens is 3. The molecule has 2 aliphatic rings. The Kier molecular flexibility index (Phi) is 6.34. The number of urea groups is 1. The SMILES string of the molecule is Cn1c(CO)cnc1C#CC1=CC2NC=C(c3cccc(NC(=O)NCC(F)(F)F)c3)N2C=C1. The molecule has 11 heteroatoms. The van der Waals surface area contributed by atoms with Gasteiger partial charge < -0.3 is 30.5 Å². The van der Waals surface area contributed by atoms with Gasteiger partial charge in [0, 0.05) is 36.3 Å². The second-order valence-corrected chi connectivity index (χ2v) is 7.53. The van der Waals surface area contributed by atoms with E-state index < -0.39 is 18.8 Å². The molecule has 0 saturated carbocycles. The average Bonchev–Trinajstić information content (AvgIpc) is 3.38. The van der Waals surface area contributed by atoms with Crippen molar-refractivity contribution in [2.45, 2.75) is 18.9 Å². The van der Waals surface area contributed by atoms with Crippen molar-refractivity contribution in [3.8, 4) is 11.8 Å². The molecule has 1 atom stereocenters. The number of benzene rings is 1. The van der Waals surface area contributed by atoms with Crippen LogP contribution in [0.3, 0.4) is 0 Å². The number of aromatic nitrogens is 2. The molecule has 8 nitrogen and oxygen atoms in total. The number of aliphatic hydroxyl groups is 1. The average molecular weight is 470 g/mol. The van der Waals surface area contributed by atoms with E-state index in [2.05, 4.69) is 27.5 Å². The molecule has 3 heterocycles. The predicted molar refractivity (Wildman–Crippen MR) is 119 cm³/mol. The van der Waals surface area contributed by atoms with Crippen molar-refractivity contribution in [1.82, 2.24) is 25.1 Å². The number of allylic oxidation sites excluding steroid dienone is 2. The lowest BCUT2D eigenvalue weighted by atomic mass is 10.1. The van der Waals surface area contributed by atoms with Crippen molar-refractivity contribution in [2.24, 2.45) is 7.05 Å². The van der Waals surface area contributed by atoms with Crippen LogP contribution in [0.15, 0.2) is 60.6 Å². The molecule has 4 N–H and O–H groups in total. The fourth-order valence-corrected chi connectivity index (χ4v) is 3.42. The summed E-state index contributed by atoms with van der Waals surface area (Å²) >= 11 is 0. The summed E-state index contributed by atoms with van der Waals surface area (Å²) in [6, 6.07) is 5.87. The van der Waals surface area contributed by atoms with Gasteiger partial charge in [-0.3, -0.25) is 0 Å². The summed E-state index contributed by atoms with van der Waals surface area (Å²) in [7, 11) is 1.78. The maximum absolute atomic E-state index is 12.3. The van der Waals surface area contributed by atoms with Crippen LogP contribution < -0.4 is 16.0 Å². The van der Waals surface area contributed by atoms with Crippen LogP contribution in [0.4, 0.5) is 23.7 Å². The molecule has 0 radical (unpaired) electrons. The zero-order valence-electron chi connectivity index (χ0n) is 18.0. The molecule has 0 aliphatic carbocycles. The highest BCUT2D eigenvalue weighted by atomic mass is 19.4. The van der Waals surface area contributed by atoms with Gasteiger partial charge in [-0.1, -0.05) is 18.1 Å². The first kappa shape index (κ1) is 23.0. The summed E-state index contributed by atoms with van der Waals surface area (Å²) in [5, 5.41) is 16.7. The molecule has 1 unspecified atom stereocenters. The van der Waals surface area contributed by atoms with E-state index in [1.165, 1.54) is 0 Å². The van der Waals surface area contributed by atoms with E-state index in [0.717, 1.165) is 16.8 Å². The highest BCUT2D eigenvalue weighted by Gasteiger charge is 2.28. The summed E-state index contributed by atoms with van der Waals surface area (Å²) < 4.78 is 38.6. The van der Waals surface area contributed by atoms with E-state index in [9.17, 15) is 23.1 Å². The van der Waals surface area contributed by atoms with Gasteiger partial charge in [0.15, 0.2) is 5.82 Å². The number of nitrogens with one attached hydrogen (secondary N) is 3. The highest BCUT2D eigenvalue weighted by molar-refractivity contribution is 5.90. The van der Waals surface area contributed by atoms with Crippen LogP contribution in [0.5, 0.6) is 0 Å². The van der Waals surface area contributed by atoms with Crippen LogP contribution in [0.1, 0.15) is 17.1 Å². The lowest BCUT2D eigenvalue weighted by Crippen LogP contribution is -2.36. The maximum Gasteiger partial charge on any atom is 0.405 e. The van der Waals surface area contributed by atoms with E-state index in [4.69, 9.17) is 0 Å². The minimum Gasteiger partial charge on any atom is -0.390 e. The molecule has 176 valence electrons. The molecule has 2 amide bonds. The van der Waals surface area contributed by atoms with Crippen molar-refractivity contribution in [2.75, 3.05) is 11.9 Å². The zero-order valence-corrected chi connectivity index (χ0v) is 18.0. The number of carbonyl (C=O) groups excluding carboxylic acids is 1. The van der Waals surface area contributed by atoms with Gasteiger partial charge in [0.05, 0.1) is 24.2 Å². The zero-order chi connectivity index (χ0) is 24.3. The van der Waals surface area contributed by atoms with Crippen LogP contribution in [-0.4, -0.2) is 44.5 Å². The standard InChI is InChI=1S/C23H21F3N6O2/c1-31-18(13-33)11-27-20(31)6-5-15-7-8-32-19(12-28-21(32)9-15)16-3-2-4-17(10-16)30-22(34)29-14-23(24,25)26/h2-4,7-12,21,28,33H,13-14H2,1H3,(H2,29,30,34). The number of rotatable bonds is 4. The fourth-order valence-electron chi connectivity index (χ4n) is 3.42. The normalized spacial score (nSPS) is 16.6. The van der Waals surface area contributed by atoms with Crippen LogP contribution in [0, 0.1) is 11.8 Å². The van der Waals surface area contributed by atoms with E-state index in [1.807, 2.05) is 35.5 Å². The summed E-state index contributed by atoms with van der Waals surface area (Å²) in [6.07, 6.45) is 4.41. The van der Waals surface area contributed by atoms with Gasteiger partial charge in [0.2, 0.25) is 0 Å². The monoisotopic (exact) mass is 470 g/mol. The number of carbonyl (C=O) groups is 1. The molecule has 0 spiro atoms. The Morgan fingerprint density at radius 1 is 1.32 bits per heavy atom. The molecule has 0 saturated heterocycles. The van der Waals surface area contributed by atoms with Gasteiger partial charge in [-0.2, -0.15) is 13.2 Å². The molecule has 2 aromatic rings. The van der Waals surface area contributed by atoms with E-state index in [1.54, 1.807) is 41.3 Å². The number of anilines is 1. The number of amides is 2. The Balaban J connectivity index is 1.42. The summed E-state index contributed by atoms with van der Waals surface area (Å²) in [6.45, 7) is -1.52. The first-order chi connectivity index (χ1) is 16.2. The second kappa shape index (κ2) is 9.36. The van der Waals surface area contributed by atoms with E-state index in [-0.39, 0.29) is 12.8 Å². The number of alkyl halides is 3. The second-order valence-electron chi connectivity index (χ2n) is 7.53. The Labute approximate surface area is 193 Å². The first-order valence-electron chi connectivity index (χ1n) is 10.2. The third-order valence-electron chi connectivity index (χ3n) is 5.15. The lowest BCUT2D eigenvalue weighted by Gasteiger charge is -2.26. The van der Waals surface area contributed by atoms with Crippen molar-refractivity contribution in [1.29, 1.82) is 0 Å². The number of fused-ring (bicyclic) bond motifs is 1. The van der Waals surface area contributed by atoms with Gasteiger partial charge >= 0.3 is 12.2 Å². The Morgan fingerprint density at radius 3 is 2.88 bits per heavy atom. The number of hydrogen-bond donors (Lipinski definition) is 4. The molecule has 1 aromatic heterocycles. The number of aliphatic hydroxyl groups excluding tert-OH is 1. The highest BCUT2D eigenvalue weighted by Crippen LogP contribution is 2.30. The molecule has 2 aliphatic heterocycles. The Morgan fingerprint density at radius 2 is 2.15 bits per heavy atom. The van der Waals surface area contributed by atoms with Gasteiger partial charge in [-0.25, -0.2) is 9.78 Å². The number of hydrogen-bond acceptors (Lipinski definition) is 5. The maximum atomic E-state index is 12.3. The lowest BCUT2D eigenvalue weighted by molar-refractivity contribution is -0.122. The molecule has 4 rings (SSSR count). The third-order valence-corrected chi connectivity index (χ3v) is 5.15. The Bertz CT molecular complexity index is 1250. The third kappa shape index (κ3) is 5.24. The molecular formula is C23H21F3N6O2. The summed E-state index contributed by atoms with van der Waals surface area (Å²) in [4.78, 5) is 17.9. The summed E-state index contributed by atoms with van der Waals surface area (Å²) in [5.74, 6) is 6.61. The predicted octanol–water partition coefficient (Wildman–Crippen LogP) is 2.63. The first-order valence-corrected chi connectivity index (χ1v) is 10.2. The van der Waals surface area contributed by atoms with Gasteiger partial charge in [-0.15, -0.1) is 0 Å². The van der Waals surface area contributed by atoms with Crippen molar-refractivity contribution >= 4 is 17.4 Å². The van der Waals surface area contributed by atoms with Crippen LogP contribution >= 0.6 is 0 Å².